The van der Waals surface area contributed by atoms with Crippen molar-refractivity contribution in [2.45, 2.75) is 315 Å². The van der Waals surface area contributed by atoms with E-state index in [-0.39, 0.29) is 25.2 Å². The number of esters is 2. The second-order valence-electron chi connectivity index (χ2n) is 22.5. The minimum Gasteiger partial charge on any atom is -0.462 e. The van der Waals surface area contributed by atoms with Crippen molar-refractivity contribution in [2.75, 3.05) is 13.2 Å². The smallest absolute Gasteiger partial charge is 0.306 e. The Morgan fingerprint density at radius 3 is 0.732 bits per heavy atom. The molecule has 0 aliphatic carbocycles. The van der Waals surface area contributed by atoms with Crippen molar-refractivity contribution in [3.05, 3.63) is 146 Å². The van der Waals surface area contributed by atoms with E-state index in [9.17, 15) is 14.7 Å². The Bertz CT molecular complexity index is 1710. The number of ether oxygens (including phenoxy) is 2. The molecule has 0 rings (SSSR count). The SMILES string of the molecule is CC/C=C\C/C=C\C/C=C\C/C=C\C/C=C\C/C=C\C/C=C\CCCCCCCCCCCCCCCC(=O)OC(CO)COC(=O)CCCCCCCCCCCCCCCCCCC/C=C\C/C=C\C/C=C\C/C=C\C/C=C\CC. The standard InChI is InChI=1S/C77H128O5/c1-3-5-7-9-11-13-15-17-19-21-23-25-27-29-31-33-35-37-38-40-42-44-46-48-50-52-54-56-58-60-62-64-66-68-70-72-77(80)82-75(73-78)74-81-76(79)71-69-67-65-63-61-59-57-55-53-51-49-47-45-43-41-39-36-34-32-30-28-26-24-22-20-18-16-14-12-10-8-6-4-2/h5-8,11-14,17-20,23-26,29-32,35,37,40,42,75,78H,3-4,9-10,15-16,21-22,27-28,33-34,36,38-39,41,43-74H2,1-2H3/b7-5-,8-6-,13-11-,14-12-,19-17-,20-18-,25-23-,26-24-,31-29-,32-30-,37-35-,42-40-. The van der Waals surface area contributed by atoms with Crippen LogP contribution in [-0.4, -0.2) is 36.4 Å². The average molecular weight is 1130 g/mol. The van der Waals surface area contributed by atoms with Crippen LogP contribution in [0.1, 0.15) is 309 Å². The summed E-state index contributed by atoms with van der Waals surface area (Å²) in [5.41, 5.74) is 0. The van der Waals surface area contributed by atoms with Crippen LogP contribution < -0.4 is 0 Å². The Kier molecular flexibility index (Phi) is 67.4. The van der Waals surface area contributed by atoms with Gasteiger partial charge in [0.15, 0.2) is 6.10 Å². The Morgan fingerprint density at radius 2 is 0.488 bits per heavy atom. The summed E-state index contributed by atoms with van der Waals surface area (Å²) in [6, 6.07) is 0. The van der Waals surface area contributed by atoms with Gasteiger partial charge in [0.05, 0.1) is 6.61 Å². The summed E-state index contributed by atoms with van der Waals surface area (Å²) in [6.07, 6.45) is 107. The number of carbonyl (C=O) groups is 2. The highest BCUT2D eigenvalue weighted by Gasteiger charge is 2.16. The fourth-order valence-corrected chi connectivity index (χ4v) is 9.57. The van der Waals surface area contributed by atoms with Gasteiger partial charge in [-0.15, -0.1) is 0 Å². The first-order valence-corrected chi connectivity index (χ1v) is 34.4. The molecule has 0 saturated heterocycles. The molecule has 466 valence electrons. The summed E-state index contributed by atoms with van der Waals surface area (Å²) in [4.78, 5) is 24.7. The van der Waals surface area contributed by atoms with Gasteiger partial charge in [-0.05, 0) is 116 Å². The summed E-state index contributed by atoms with van der Waals surface area (Å²) in [5.74, 6) is -0.588. The summed E-state index contributed by atoms with van der Waals surface area (Å²) in [6.45, 7) is 3.93. The summed E-state index contributed by atoms with van der Waals surface area (Å²) < 4.78 is 10.8. The molecule has 0 aliphatic rings. The first kappa shape index (κ1) is 77.8. The Hall–Kier alpha value is -4.22. The van der Waals surface area contributed by atoms with Gasteiger partial charge in [0, 0.05) is 12.8 Å². The molecule has 0 saturated carbocycles. The molecule has 0 heterocycles. The maximum atomic E-state index is 12.4. The summed E-state index contributed by atoms with van der Waals surface area (Å²) in [7, 11) is 0. The molecular formula is C77H128O5. The molecule has 0 aromatic rings. The molecule has 0 spiro atoms. The van der Waals surface area contributed by atoms with Gasteiger partial charge in [-0.2, -0.15) is 0 Å². The van der Waals surface area contributed by atoms with Crippen molar-refractivity contribution in [2.24, 2.45) is 0 Å². The van der Waals surface area contributed by atoms with Crippen LogP contribution in [0.3, 0.4) is 0 Å². The van der Waals surface area contributed by atoms with Gasteiger partial charge in [0.2, 0.25) is 0 Å². The molecular weight excluding hydrogens is 1000 g/mol. The molecule has 5 nitrogen and oxygen atoms in total. The Morgan fingerprint density at radius 1 is 0.280 bits per heavy atom. The summed E-state index contributed by atoms with van der Waals surface area (Å²) >= 11 is 0. The number of allylic oxidation sites excluding steroid dienone is 24. The zero-order valence-electron chi connectivity index (χ0n) is 53.5. The molecule has 0 fully saturated rings. The zero-order chi connectivity index (χ0) is 59.1. The predicted octanol–water partition coefficient (Wildman–Crippen LogP) is 24.1. The lowest BCUT2D eigenvalue weighted by Gasteiger charge is -2.15. The molecule has 82 heavy (non-hydrogen) atoms. The number of unbranched alkanes of at least 4 members (excludes halogenated alkanes) is 30. The van der Waals surface area contributed by atoms with Crippen LogP contribution in [0.5, 0.6) is 0 Å². The van der Waals surface area contributed by atoms with E-state index in [0.717, 1.165) is 116 Å². The lowest BCUT2D eigenvalue weighted by molar-refractivity contribution is -0.161. The van der Waals surface area contributed by atoms with Crippen molar-refractivity contribution < 1.29 is 24.2 Å². The lowest BCUT2D eigenvalue weighted by atomic mass is 10.0. The Balaban J connectivity index is 3.49. The van der Waals surface area contributed by atoms with Gasteiger partial charge in [-0.3, -0.25) is 9.59 Å². The van der Waals surface area contributed by atoms with E-state index in [2.05, 4.69) is 160 Å². The van der Waals surface area contributed by atoms with Gasteiger partial charge >= 0.3 is 11.9 Å². The van der Waals surface area contributed by atoms with Crippen LogP contribution in [0.4, 0.5) is 0 Å². The third-order valence-corrected chi connectivity index (χ3v) is 14.6. The highest BCUT2D eigenvalue weighted by molar-refractivity contribution is 5.70. The number of rotatable bonds is 62. The highest BCUT2D eigenvalue weighted by Crippen LogP contribution is 2.17. The molecule has 0 amide bonds. The molecule has 0 aliphatic heterocycles. The molecule has 1 unspecified atom stereocenters. The largest absolute Gasteiger partial charge is 0.462 e. The normalized spacial score (nSPS) is 13.2. The maximum absolute atomic E-state index is 12.4. The van der Waals surface area contributed by atoms with Gasteiger partial charge in [-0.25, -0.2) is 0 Å². The molecule has 0 bridgehead atoms. The van der Waals surface area contributed by atoms with Crippen molar-refractivity contribution in [3.63, 3.8) is 0 Å². The quantitative estimate of drug-likeness (QED) is 0.0373. The van der Waals surface area contributed by atoms with E-state index in [1.807, 2.05) is 0 Å². The minimum atomic E-state index is -0.782. The van der Waals surface area contributed by atoms with Crippen molar-refractivity contribution >= 4 is 11.9 Å². The number of carbonyl (C=O) groups excluding carboxylic acids is 2. The minimum absolute atomic E-state index is 0.0705. The van der Waals surface area contributed by atoms with E-state index >= 15 is 0 Å². The fraction of sp³-hybridized carbons (Fsp3) is 0.662. The number of hydrogen-bond donors (Lipinski definition) is 1. The van der Waals surface area contributed by atoms with Crippen molar-refractivity contribution in [1.29, 1.82) is 0 Å². The molecule has 5 heteroatoms. The predicted molar refractivity (Wildman–Crippen MR) is 361 cm³/mol. The van der Waals surface area contributed by atoms with Gasteiger partial charge in [-0.1, -0.05) is 327 Å². The Labute approximate surface area is 508 Å². The van der Waals surface area contributed by atoms with Crippen LogP contribution in [0.25, 0.3) is 0 Å². The number of aliphatic hydroxyl groups is 1. The third kappa shape index (κ3) is 68.3. The second kappa shape index (κ2) is 71.0. The van der Waals surface area contributed by atoms with E-state index < -0.39 is 6.10 Å². The topological polar surface area (TPSA) is 72.8 Å². The molecule has 0 aromatic heterocycles. The van der Waals surface area contributed by atoms with Crippen LogP contribution >= 0.6 is 0 Å². The second-order valence-corrected chi connectivity index (χ2v) is 22.5. The van der Waals surface area contributed by atoms with Gasteiger partial charge in [0.1, 0.15) is 6.61 Å². The molecule has 0 radical (unpaired) electrons. The van der Waals surface area contributed by atoms with Crippen LogP contribution in [0.2, 0.25) is 0 Å². The number of aliphatic hydroxyl groups excluding tert-OH is 1. The van der Waals surface area contributed by atoms with Crippen molar-refractivity contribution in [3.8, 4) is 0 Å². The molecule has 1 atom stereocenters. The first-order valence-electron chi connectivity index (χ1n) is 34.4. The maximum Gasteiger partial charge on any atom is 0.306 e. The zero-order valence-corrected chi connectivity index (χ0v) is 53.5. The van der Waals surface area contributed by atoms with E-state index in [0.29, 0.717) is 12.8 Å². The number of hydrogen-bond acceptors (Lipinski definition) is 5. The fourth-order valence-electron chi connectivity index (χ4n) is 9.57. The lowest BCUT2D eigenvalue weighted by Crippen LogP contribution is -2.28. The average Bonchev–Trinajstić information content (AvgIpc) is 3.49. The highest BCUT2D eigenvalue weighted by atomic mass is 16.6. The van der Waals surface area contributed by atoms with Crippen LogP contribution in [0, 0.1) is 0 Å². The first-order chi connectivity index (χ1) is 40.6. The monoisotopic (exact) mass is 1130 g/mol. The molecule has 0 aromatic carbocycles. The molecule has 1 N–H and O–H groups in total. The van der Waals surface area contributed by atoms with Crippen LogP contribution in [0.15, 0.2) is 146 Å². The van der Waals surface area contributed by atoms with Gasteiger partial charge in [0.25, 0.3) is 0 Å². The van der Waals surface area contributed by atoms with E-state index in [1.165, 1.54) is 167 Å². The van der Waals surface area contributed by atoms with E-state index in [4.69, 9.17) is 9.47 Å². The van der Waals surface area contributed by atoms with E-state index in [1.54, 1.807) is 0 Å². The van der Waals surface area contributed by atoms with Crippen LogP contribution in [-0.2, 0) is 19.1 Å². The van der Waals surface area contributed by atoms with Gasteiger partial charge < -0.3 is 14.6 Å². The van der Waals surface area contributed by atoms with Crippen molar-refractivity contribution in [1.82, 2.24) is 0 Å². The summed E-state index contributed by atoms with van der Waals surface area (Å²) in [5, 5.41) is 9.71. The third-order valence-electron chi connectivity index (χ3n) is 14.6.